The lowest BCUT2D eigenvalue weighted by molar-refractivity contribution is -0.930. The minimum absolute atomic E-state index is 0.0358. The molecule has 0 bridgehead atoms. The third-order valence-corrected chi connectivity index (χ3v) is 7.45. The molecule has 1 fully saturated rings. The largest absolute Gasteiger partial charge is 0.422 e. The van der Waals surface area contributed by atoms with Gasteiger partial charge in [-0.2, -0.15) is 0 Å². The molecule has 0 aromatic heterocycles. The molecule has 4 aromatic carbocycles. The summed E-state index contributed by atoms with van der Waals surface area (Å²) in [6.45, 7) is 8.76. The van der Waals surface area contributed by atoms with Gasteiger partial charge in [0.2, 0.25) is 0 Å². The summed E-state index contributed by atoms with van der Waals surface area (Å²) in [5.74, 6) is 0.345. The molecule has 0 saturated carbocycles. The number of nitrogens with one attached hydrogen (secondary N) is 1. The Labute approximate surface area is 214 Å². The third kappa shape index (κ3) is 5.08. The van der Waals surface area contributed by atoms with Crippen LogP contribution in [0.5, 0.6) is 5.75 Å². The molecule has 3 heteroatoms. The van der Waals surface area contributed by atoms with Crippen LogP contribution in [-0.4, -0.2) is 19.1 Å². The number of hydrogen-bond donors (Lipinski definition) is 1. The van der Waals surface area contributed by atoms with E-state index in [-0.39, 0.29) is 17.4 Å². The number of piperidine rings is 1. The second-order valence-electron chi connectivity index (χ2n) is 11.0. The predicted octanol–water partition coefficient (Wildman–Crippen LogP) is 6.51. The maximum absolute atomic E-state index is 13.4. The summed E-state index contributed by atoms with van der Waals surface area (Å²) in [5, 5.41) is 2.32. The second kappa shape index (κ2) is 10.3. The van der Waals surface area contributed by atoms with Crippen LogP contribution in [-0.2, 0) is 5.41 Å². The molecule has 0 radical (unpaired) electrons. The lowest BCUT2D eigenvalue weighted by Gasteiger charge is -2.33. The van der Waals surface area contributed by atoms with Crippen LogP contribution in [0.2, 0.25) is 0 Å². The van der Waals surface area contributed by atoms with Crippen molar-refractivity contribution in [1.82, 2.24) is 0 Å². The number of likely N-dealkylation sites (tertiary alicyclic amines) is 1. The van der Waals surface area contributed by atoms with E-state index in [0.717, 1.165) is 24.0 Å². The smallest absolute Gasteiger partial charge is 0.343 e. The number of esters is 1. The number of carbonyl (C=O) groups excluding carboxylic acids is 1. The quantitative estimate of drug-likeness (QED) is 0.262. The van der Waals surface area contributed by atoms with Gasteiger partial charge in [0, 0.05) is 5.56 Å². The number of quaternary nitrogens is 1. The minimum atomic E-state index is -0.313. The van der Waals surface area contributed by atoms with Crippen molar-refractivity contribution in [3.05, 3.63) is 113 Å². The van der Waals surface area contributed by atoms with E-state index in [1.165, 1.54) is 40.7 Å². The number of fused-ring (bicyclic) bond motifs is 1. The Balaban J connectivity index is 1.59. The molecule has 1 saturated heterocycles. The topological polar surface area (TPSA) is 30.7 Å². The molecule has 1 heterocycles. The Morgan fingerprint density at radius 1 is 0.778 bits per heavy atom. The predicted molar refractivity (Wildman–Crippen MR) is 147 cm³/mol. The summed E-state index contributed by atoms with van der Waals surface area (Å²) in [6, 6.07) is 31.2. The Hall–Kier alpha value is -3.43. The van der Waals surface area contributed by atoms with Crippen LogP contribution in [0.1, 0.15) is 73.1 Å². The average Bonchev–Trinajstić information content (AvgIpc) is 2.90. The molecule has 0 amide bonds. The van der Waals surface area contributed by atoms with Crippen LogP contribution < -0.4 is 9.64 Å². The van der Waals surface area contributed by atoms with Crippen molar-refractivity contribution >= 4 is 16.7 Å². The first-order chi connectivity index (χ1) is 17.4. The van der Waals surface area contributed by atoms with Crippen LogP contribution >= 0.6 is 0 Å². The van der Waals surface area contributed by atoms with Gasteiger partial charge in [-0.15, -0.1) is 0 Å². The normalized spacial score (nSPS) is 15.5. The Bertz CT molecular complexity index is 1330. The zero-order valence-corrected chi connectivity index (χ0v) is 21.6. The van der Waals surface area contributed by atoms with E-state index in [9.17, 15) is 4.79 Å². The fourth-order valence-electron chi connectivity index (χ4n) is 5.47. The SMILES string of the molecule is CC(C)(C)c1ccc(C(=O)Oc2ccc3ccccc3c2[C@@H](c2ccccc2)[NH+]2CCCCC2)cc1. The maximum atomic E-state index is 13.4. The van der Waals surface area contributed by atoms with Crippen molar-refractivity contribution < 1.29 is 14.4 Å². The van der Waals surface area contributed by atoms with Gasteiger partial charge < -0.3 is 9.64 Å². The monoisotopic (exact) mass is 478 g/mol. The first kappa shape index (κ1) is 24.3. The van der Waals surface area contributed by atoms with E-state index in [0.29, 0.717) is 11.3 Å². The lowest BCUT2D eigenvalue weighted by Crippen LogP contribution is -3.13. The standard InChI is InChI=1S/C33H35NO2/c1-33(2,3)27-19-16-26(17-20-27)32(35)36-29-21-18-24-12-8-9-15-28(24)30(29)31(25-13-6-4-7-14-25)34-22-10-5-11-23-34/h4,6-9,12-21,31H,5,10-11,22-23H2,1-3H3/p+1/t31-/m1/s1. The lowest BCUT2D eigenvalue weighted by atomic mass is 9.87. The third-order valence-electron chi connectivity index (χ3n) is 7.45. The van der Waals surface area contributed by atoms with Crippen molar-refractivity contribution in [2.75, 3.05) is 13.1 Å². The summed E-state index contributed by atoms with van der Waals surface area (Å²) in [5.41, 5.74) is 4.18. The van der Waals surface area contributed by atoms with E-state index in [2.05, 4.69) is 81.4 Å². The van der Waals surface area contributed by atoms with Gasteiger partial charge in [0.15, 0.2) is 0 Å². The number of rotatable bonds is 5. The van der Waals surface area contributed by atoms with Crippen LogP contribution in [0.3, 0.4) is 0 Å². The van der Waals surface area contributed by atoms with E-state index in [1.54, 1.807) is 0 Å². The first-order valence-electron chi connectivity index (χ1n) is 13.2. The van der Waals surface area contributed by atoms with Gasteiger partial charge in [0.25, 0.3) is 0 Å². The van der Waals surface area contributed by atoms with Gasteiger partial charge >= 0.3 is 5.97 Å². The number of benzene rings is 4. The first-order valence-corrected chi connectivity index (χ1v) is 13.2. The summed E-state index contributed by atoms with van der Waals surface area (Å²) in [7, 11) is 0. The highest BCUT2D eigenvalue weighted by Gasteiger charge is 2.32. The molecule has 3 nitrogen and oxygen atoms in total. The van der Waals surface area contributed by atoms with Crippen LogP contribution in [0.25, 0.3) is 10.8 Å². The van der Waals surface area contributed by atoms with Gasteiger partial charge in [0.05, 0.1) is 24.2 Å². The molecule has 1 atom stereocenters. The second-order valence-corrected chi connectivity index (χ2v) is 11.0. The van der Waals surface area contributed by atoms with Gasteiger partial charge in [-0.1, -0.05) is 93.6 Å². The molecule has 4 aromatic rings. The van der Waals surface area contributed by atoms with Gasteiger partial charge in [0.1, 0.15) is 11.8 Å². The van der Waals surface area contributed by atoms with Crippen molar-refractivity contribution in [1.29, 1.82) is 0 Å². The van der Waals surface area contributed by atoms with Crippen LogP contribution in [0.4, 0.5) is 0 Å². The van der Waals surface area contributed by atoms with Crippen molar-refractivity contribution in [2.45, 2.75) is 51.5 Å². The molecule has 184 valence electrons. The minimum Gasteiger partial charge on any atom is -0.422 e. The number of carbonyl (C=O) groups is 1. The highest BCUT2D eigenvalue weighted by molar-refractivity contribution is 5.94. The van der Waals surface area contributed by atoms with Crippen molar-refractivity contribution in [3.63, 3.8) is 0 Å². The maximum Gasteiger partial charge on any atom is 0.343 e. The number of ether oxygens (including phenoxy) is 1. The molecule has 1 N–H and O–H groups in total. The van der Waals surface area contributed by atoms with E-state index >= 15 is 0 Å². The Morgan fingerprint density at radius 2 is 1.44 bits per heavy atom. The highest BCUT2D eigenvalue weighted by Crippen LogP contribution is 2.36. The number of hydrogen-bond acceptors (Lipinski definition) is 2. The Morgan fingerprint density at radius 3 is 2.14 bits per heavy atom. The van der Waals surface area contributed by atoms with Gasteiger partial charge in [-0.3, -0.25) is 0 Å². The van der Waals surface area contributed by atoms with Crippen molar-refractivity contribution in [2.24, 2.45) is 0 Å². The molecule has 0 aliphatic carbocycles. The van der Waals surface area contributed by atoms with E-state index in [4.69, 9.17) is 4.74 Å². The molecular weight excluding hydrogens is 442 g/mol. The van der Waals surface area contributed by atoms with Gasteiger partial charge in [-0.25, -0.2) is 4.79 Å². The highest BCUT2D eigenvalue weighted by atomic mass is 16.5. The summed E-state index contributed by atoms with van der Waals surface area (Å²) in [6.07, 6.45) is 3.73. The zero-order valence-electron chi connectivity index (χ0n) is 21.6. The van der Waals surface area contributed by atoms with E-state index < -0.39 is 0 Å². The molecular formula is C33H36NO2+. The molecule has 1 aliphatic heterocycles. The molecule has 5 rings (SSSR count). The average molecular weight is 479 g/mol. The zero-order chi connectivity index (χ0) is 25.1. The molecule has 0 spiro atoms. The Kier molecular flexibility index (Phi) is 6.93. The molecule has 0 unspecified atom stereocenters. The van der Waals surface area contributed by atoms with Crippen LogP contribution in [0.15, 0.2) is 91.0 Å². The summed E-state index contributed by atoms with van der Waals surface area (Å²) < 4.78 is 6.21. The van der Waals surface area contributed by atoms with Crippen LogP contribution in [0, 0.1) is 0 Å². The summed E-state index contributed by atoms with van der Waals surface area (Å²) >= 11 is 0. The van der Waals surface area contributed by atoms with E-state index in [1.807, 2.05) is 30.3 Å². The summed E-state index contributed by atoms with van der Waals surface area (Å²) in [4.78, 5) is 14.9. The molecule has 36 heavy (non-hydrogen) atoms. The van der Waals surface area contributed by atoms with Gasteiger partial charge in [-0.05, 0) is 59.2 Å². The fraction of sp³-hybridized carbons (Fsp3) is 0.303. The van der Waals surface area contributed by atoms with Crippen molar-refractivity contribution in [3.8, 4) is 5.75 Å². The molecule has 1 aliphatic rings. The fourth-order valence-corrected chi connectivity index (χ4v) is 5.47.